The molecule has 2 nitrogen and oxygen atoms in total. The molecule has 0 amide bonds. The van der Waals surface area contributed by atoms with Gasteiger partial charge in [0.15, 0.2) is 0 Å². The summed E-state index contributed by atoms with van der Waals surface area (Å²) in [4.78, 5) is 0. The second kappa shape index (κ2) is 6.55. The van der Waals surface area contributed by atoms with E-state index in [1.807, 2.05) is 12.1 Å². The highest BCUT2D eigenvalue weighted by Gasteiger charge is 2.23. The van der Waals surface area contributed by atoms with Crippen molar-refractivity contribution in [2.24, 2.45) is 5.92 Å². The predicted octanol–water partition coefficient (Wildman–Crippen LogP) is 3.38. The van der Waals surface area contributed by atoms with Gasteiger partial charge >= 0.3 is 0 Å². The van der Waals surface area contributed by atoms with Crippen molar-refractivity contribution >= 4 is 11.6 Å². The molecular formula is C15H23ClN2. The molecule has 0 aliphatic carbocycles. The van der Waals surface area contributed by atoms with E-state index in [4.69, 9.17) is 11.6 Å². The second-order valence-electron chi connectivity index (χ2n) is 5.26. The maximum atomic E-state index is 6.08. The lowest BCUT2D eigenvalue weighted by atomic mass is 9.93. The Morgan fingerprint density at radius 2 is 2.33 bits per heavy atom. The van der Waals surface area contributed by atoms with E-state index in [0.717, 1.165) is 24.5 Å². The van der Waals surface area contributed by atoms with Crippen LogP contribution in [0.2, 0.25) is 5.02 Å². The molecule has 2 N–H and O–H groups in total. The fourth-order valence-corrected chi connectivity index (χ4v) is 2.89. The van der Waals surface area contributed by atoms with Gasteiger partial charge in [0.1, 0.15) is 0 Å². The van der Waals surface area contributed by atoms with Crippen LogP contribution in [0.15, 0.2) is 24.3 Å². The lowest BCUT2D eigenvalue weighted by Crippen LogP contribution is -2.47. The summed E-state index contributed by atoms with van der Waals surface area (Å²) >= 11 is 6.08. The SMILES string of the molecule is CCC(NC1CCNCC1C)c1cccc(Cl)c1. The molecule has 1 aliphatic heterocycles. The summed E-state index contributed by atoms with van der Waals surface area (Å²) in [5.41, 5.74) is 1.30. The molecule has 0 bridgehead atoms. The molecule has 0 spiro atoms. The topological polar surface area (TPSA) is 24.1 Å². The zero-order chi connectivity index (χ0) is 13.0. The molecule has 2 rings (SSSR count). The van der Waals surface area contributed by atoms with E-state index in [1.54, 1.807) is 0 Å². The molecule has 1 saturated heterocycles. The van der Waals surface area contributed by atoms with Crippen molar-refractivity contribution in [3.63, 3.8) is 0 Å². The van der Waals surface area contributed by atoms with Crippen molar-refractivity contribution < 1.29 is 0 Å². The van der Waals surface area contributed by atoms with Gasteiger partial charge in [-0.3, -0.25) is 0 Å². The third-order valence-electron chi connectivity index (χ3n) is 3.86. The fraction of sp³-hybridized carbons (Fsp3) is 0.600. The van der Waals surface area contributed by atoms with Crippen LogP contribution in [0.1, 0.15) is 38.3 Å². The van der Waals surface area contributed by atoms with Gasteiger partial charge < -0.3 is 10.6 Å². The van der Waals surface area contributed by atoms with E-state index in [2.05, 4.69) is 36.6 Å². The normalized spacial score (nSPS) is 25.9. The van der Waals surface area contributed by atoms with Gasteiger partial charge in [0.05, 0.1) is 0 Å². The van der Waals surface area contributed by atoms with Crippen molar-refractivity contribution in [2.45, 2.75) is 38.8 Å². The Hall–Kier alpha value is -0.570. The van der Waals surface area contributed by atoms with Gasteiger partial charge in [-0.15, -0.1) is 0 Å². The highest BCUT2D eigenvalue weighted by molar-refractivity contribution is 6.30. The third-order valence-corrected chi connectivity index (χ3v) is 4.09. The number of rotatable bonds is 4. The van der Waals surface area contributed by atoms with Crippen LogP contribution in [0, 0.1) is 5.92 Å². The van der Waals surface area contributed by atoms with Crippen molar-refractivity contribution in [1.29, 1.82) is 0 Å². The van der Waals surface area contributed by atoms with Crippen LogP contribution < -0.4 is 10.6 Å². The minimum Gasteiger partial charge on any atom is -0.316 e. The van der Waals surface area contributed by atoms with Gasteiger partial charge in [0.2, 0.25) is 0 Å². The highest BCUT2D eigenvalue weighted by atomic mass is 35.5. The van der Waals surface area contributed by atoms with Crippen LogP contribution in [-0.4, -0.2) is 19.1 Å². The Bertz CT molecular complexity index is 381. The molecule has 3 unspecified atom stereocenters. The monoisotopic (exact) mass is 266 g/mol. The zero-order valence-electron chi connectivity index (χ0n) is 11.2. The molecule has 18 heavy (non-hydrogen) atoms. The average molecular weight is 267 g/mol. The van der Waals surface area contributed by atoms with E-state index in [0.29, 0.717) is 18.0 Å². The van der Waals surface area contributed by atoms with E-state index in [9.17, 15) is 0 Å². The minimum atomic E-state index is 0.411. The number of hydrogen-bond donors (Lipinski definition) is 2. The lowest BCUT2D eigenvalue weighted by molar-refractivity contribution is 0.270. The smallest absolute Gasteiger partial charge is 0.0409 e. The summed E-state index contributed by atoms with van der Waals surface area (Å²) in [5, 5.41) is 8.07. The summed E-state index contributed by atoms with van der Waals surface area (Å²) in [6.45, 7) is 6.77. The summed E-state index contributed by atoms with van der Waals surface area (Å²) in [5.74, 6) is 0.687. The van der Waals surface area contributed by atoms with Crippen LogP contribution in [0.5, 0.6) is 0 Å². The number of hydrogen-bond acceptors (Lipinski definition) is 2. The maximum Gasteiger partial charge on any atom is 0.0409 e. The van der Waals surface area contributed by atoms with Crippen LogP contribution in [-0.2, 0) is 0 Å². The van der Waals surface area contributed by atoms with Crippen molar-refractivity contribution in [2.75, 3.05) is 13.1 Å². The van der Waals surface area contributed by atoms with Crippen molar-refractivity contribution in [3.05, 3.63) is 34.9 Å². The second-order valence-corrected chi connectivity index (χ2v) is 5.70. The van der Waals surface area contributed by atoms with Gasteiger partial charge in [0.25, 0.3) is 0 Å². The van der Waals surface area contributed by atoms with Crippen LogP contribution in [0.4, 0.5) is 0 Å². The van der Waals surface area contributed by atoms with E-state index >= 15 is 0 Å². The van der Waals surface area contributed by atoms with Gasteiger partial charge in [-0.25, -0.2) is 0 Å². The Balaban J connectivity index is 2.04. The van der Waals surface area contributed by atoms with E-state index < -0.39 is 0 Å². The molecule has 1 heterocycles. The zero-order valence-corrected chi connectivity index (χ0v) is 12.0. The van der Waals surface area contributed by atoms with Crippen LogP contribution in [0.3, 0.4) is 0 Å². The molecule has 3 atom stereocenters. The first-order valence-electron chi connectivity index (χ1n) is 6.93. The molecule has 3 heteroatoms. The average Bonchev–Trinajstić information content (AvgIpc) is 2.38. The first kappa shape index (κ1) is 13.9. The van der Waals surface area contributed by atoms with Crippen LogP contribution >= 0.6 is 11.6 Å². The first-order chi connectivity index (χ1) is 8.70. The van der Waals surface area contributed by atoms with Crippen molar-refractivity contribution in [1.82, 2.24) is 10.6 Å². The first-order valence-corrected chi connectivity index (χ1v) is 7.30. The Morgan fingerprint density at radius 3 is 3.00 bits per heavy atom. The highest BCUT2D eigenvalue weighted by Crippen LogP contribution is 2.23. The number of nitrogens with one attached hydrogen (secondary N) is 2. The quantitative estimate of drug-likeness (QED) is 0.873. The molecular weight excluding hydrogens is 244 g/mol. The molecule has 0 radical (unpaired) electrons. The Kier molecular flexibility index (Phi) is 5.04. The summed E-state index contributed by atoms with van der Waals surface area (Å²) in [6, 6.07) is 9.23. The van der Waals surface area contributed by atoms with E-state index in [-0.39, 0.29) is 0 Å². The minimum absolute atomic E-state index is 0.411. The van der Waals surface area contributed by atoms with Gasteiger partial charge in [-0.05, 0) is 49.5 Å². The fourth-order valence-electron chi connectivity index (χ4n) is 2.69. The molecule has 1 aromatic carbocycles. The largest absolute Gasteiger partial charge is 0.316 e. The third kappa shape index (κ3) is 3.47. The number of halogens is 1. The standard InChI is InChI=1S/C15H23ClN2/c1-3-14(12-5-4-6-13(16)9-12)18-15-7-8-17-10-11(15)2/h4-6,9,11,14-15,17-18H,3,7-8,10H2,1-2H3. The predicted molar refractivity (Wildman–Crippen MR) is 78.1 cm³/mol. The maximum absolute atomic E-state index is 6.08. The number of piperidine rings is 1. The Morgan fingerprint density at radius 1 is 1.50 bits per heavy atom. The van der Waals surface area contributed by atoms with Crippen molar-refractivity contribution in [3.8, 4) is 0 Å². The molecule has 1 aliphatic rings. The molecule has 1 aromatic rings. The summed E-state index contributed by atoms with van der Waals surface area (Å²) in [7, 11) is 0. The van der Waals surface area contributed by atoms with Gasteiger partial charge in [0, 0.05) is 17.1 Å². The lowest BCUT2D eigenvalue weighted by Gasteiger charge is -2.33. The molecule has 0 saturated carbocycles. The molecule has 100 valence electrons. The van der Waals surface area contributed by atoms with Crippen LogP contribution in [0.25, 0.3) is 0 Å². The van der Waals surface area contributed by atoms with E-state index in [1.165, 1.54) is 12.0 Å². The molecule has 0 aromatic heterocycles. The molecule has 1 fully saturated rings. The van der Waals surface area contributed by atoms with Gasteiger partial charge in [-0.2, -0.15) is 0 Å². The number of benzene rings is 1. The Labute approximate surface area is 115 Å². The summed E-state index contributed by atoms with van der Waals surface area (Å²) < 4.78 is 0. The van der Waals surface area contributed by atoms with Gasteiger partial charge in [-0.1, -0.05) is 37.6 Å². The summed E-state index contributed by atoms with van der Waals surface area (Å²) in [6.07, 6.45) is 2.30.